The van der Waals surface area contributed by atoms with Crippen LogP contribution in [-0.4, -0.2) is 33.6 Å². The fourth-order valence-electron chi connectivity index (χ4n) is 5.65. The molecule has 3 aromatic heterocycles. The number of fused-ring (bicyclic) bond motifs is 3. The molecule has 8 heteroatoms. The third kappa shape index (κ3) is 5.67. The predicted octanol–water partition coefficient (Wildman–Crippen LogP) is 8.74. The van der Waals surface area contributed by atoms with E-state index < -0.39 is 0 Å². The Hall–Kier alpha value is -4.87. The molecule has 0 saturated heterocycles. The van der Waals surface area contributed by atoms with Crippen LogP contribution in [0.4, 0.5) is 0 Å². The van der Waals surface area contributed by atoms with Gasteiger partial charge in [0.15, 0.2) is 0 Å². The van der Waals surface area contributed by atoms with E-state index in [9.17, 15) is 0 Å². The number of hydrogen-bond acceptors (Lipinski definition) is 5. The summed E-state index contributed by atoms with van der Waals surface area (Å²) in [6, 6.07) is 34.9. The number of benzene rings is 4. The van der Waals surface area contributed by atoms with E-state index in [0.717, 1.165) is 44.4 Å². The standard InChI is InChI=1S/C38H32N4O3.Pt/c1-38(2,3)26-18-19-39-36(20-26)42-32-13-7-6-12-30(32)31-17-16-29(22-33(31)42)45-28-11-8-10-27(21-28)41-24-25(23-40-41)37-34(43-4)14-9-15-35(37)44-5;/h6-20,23-24H,1-5H3;/q-2;+2. The van der Waals surface area contributed by atoms with E-state index in [4.69, 9.17) is 19.2 Å². The topological polar surface area (TPSA) is 63.3 Å². The third-order valence-electron chi connectivity index (χ3n) is 7.92. The van der Waals surface area contributed by atoms with Crippen molar-refractivity contribution in [2.24, 2.45) is 0 Å². The first kappa shape index (κ1) is 31.1. The van der Waals surface area contributed by atoms with Crippen LogP contribution in [0.25, 0.3) is 44.4 Å². The molecule has 7 rings (SSSR count). The zero-order valence-electron chi connectivity index (χ0n) is 26.1. The van der Waals surface area contributed by atoms with Gasteiger partial charge in [0, 0.05) is 35.0 Å². The minimum Gasteiger partial charge on any atom is -0.509 e. The smallest absolute Gasteiger partial charge is 0.509 e. The van der Waals surface area contributed by atoms with Crippen LogP contribution in [0.1, 0.15) is 26.3 Å². The Balaban J connectivity index is 0.00000372. The molecule has 0 amide bonds. The number of ether oxygens (including phenoxy) is 3. The van der Waals surface area contributed by atoms with Crippen molar-refractivity contribution in [1.29, 1.82) is 0 Å². The molecule has 0 spiro atoms. The summed E-state index contributed by atoms with van der Waals surface area (Å²) in [4.78, 5) is 4.77. The van der Waals surface area contributed by atoms with E-state index in [1.165, 1.54) is 5.56 Å². The van der Waals surface area contributed by atoms with Gasteiger partial charge in [-0.2, -0.15) is 17.2 Å². The molecule has 3 heterocycles. The summed E-state index contributed by atoms with van der Waals surface area (Å²) in [5, 5.41) is 6.81. The maximum Gasteiger partial charge on any atom is 2.00 e. The summed E-state index contributed by atoms with van der Waals surface area (Å²) in [6.07, 6.45) is 5.58. The van der Waals surface area contributed by atoms with Crippen molar-refractivity contribution in [2.45, 2.75) is 26.2 Å². The van der Waals surface area contributed by atoms with Crippen molar-refractivity contribution in [3.8, 4) is 45.6 Å². The summed E-state index contributed by atoms with van der Waals surface area (Å²) in [6.45, 7) is 6.63. The monoisotopic (exact) mass is 787 g/mol. The number of nitrogens with zero attached hydrogens (tertiary/aromatic N) is 4. The van der Waals surface area contributed by atoms with Crippen molar-refractivity contribution in [3.63, 3.8) is 0 Å². The van der Waals surface area contributed by atoms with Crippen LogP contribution in [0, 0.1) is 12.1 Å². The summed E-state index contributed by atoms with van der Waals surface area (Å²) < 4.78 is 21.5. The van der Waals surface area contributed by atoms with Crippen LogP contribution < -0.4 is 14.2 Å². The second-order valence-corrected chi connectivity index (χ2v) is 11.8. The van der Waals surface area contributed by atoms with Gasteiger partial charge in [0.1, 0.15) is 17.3 Å². The number of pyridine rings is 1. The number of rotatable bonds is 7. The van der Waals surface area contributed by atoms with Crippen LogP contribution in [0.2, 0.25) is 0 Å². The van der Waals surface area contributed by atoms with E-state index in [1.807, 2.05) is 60.9 Å². The first-order valence-corrected chi connectivity index (χ1v) is 14.7. The fraction of sp³-hybridized carbons (Fsp3) is 0.158. The maximum absolute atomic E-state index is 6.35. The van der Waals surface area contributed by atoms with Crippen LogP contribution in [-0.2, 0) is 26.5 Å². The van der Waals surface area contributed by atoms with Gasteiger partial charge in [0.05, 0.1) is 26.0 Å². The minimum absolute atomic E-state index is 0. The molecule has 0 aliphatic heterocycles. The molecule has 0 aliphatic carbocycles. The van der Waals surface area contributed by atoms with Gasteiger partial charge in [0.25, 0.3) is 0 Å². The van der Waals surface area contributed by atoms with Gasteiger partial charge in [-0.05, 0) is 52.4 Å². The van der Waals surface area contributed by atoms with Crippen molar-refractivity contribution < 1.29 is 35.3 Å². The summed E-state index contributed by atoms with van der Waals surface area (Å²) in [7, 11) is 3.29. The Morgan fingerprint density at radius 3 is 2.26 bits per heavy atom. The average molecular weight is 788 g/mol. The van der Waals surface area contributed by atoms with Crippen LogP contribution in [0.15, 0.2) is 104 Å². The molecule has 7 nitrogen and oxygen atoms in total. The van der Waals surface area contributed by atoms with Gasteiger partial charge in [-0.25, -0.2) is 4.98 Å². The molecule has 0 aliphatic rings. The molecule has 4 aromatic carbocycles. The van der Waals surface area contributed by atoms with Crippen molar-refractivity contribution in [3.05, 3.63) is 121 Å². The Labute approximate surface area is 282 Å². The molecule has 232 valence electrons. The molecule has 0 radical (unpaired) electrons. The van der Waals surface area contributed by atoms with E-state index in [1.54, 1.807) is 25.1 Å². The van der Waals surface area contributed by atoms with E-state index >= 15 is 0 Å². The zero-order valence-corrected chi connectivity index (χ0v) is 28.4. The summed E-state index contributed by atoms with van der Waals surface area (Å²) in [5.74, 6) is 3.38. The Bertz CT molecular complexity index is 2160. The maximum atomic E-state index is 6.35. The Morgan fingerprint density at radius 2 is 1.50 bits per heavy atom. The second kappa shape index (κ2) is 12.5. The largest absolute Gasteiger partial charge is 2.00 e. The first-order valence-electron chi connectivity index (χ1n) is 14.7. The Morgan fingerprint density at radius 1 is 0.761 bits per heavy atom. The van der Waals surface area contributed by atoms with E-state index in [-0.39, 0.29) is 26.5 Å². The zero-order chi connectivity index (χ0) is 31.1. The summed E-state index contributed by atoms with van der Waals surface area (Å²) in [5.41, 5.74) is 5.58. The number of aromatic nitrogens is 4. The van der Waals surface area contributed by atoms with Crippen LogP contribution >= 0.6 is 0 Å². The predicted molar refractivity (Wildman–Crippen MR) is 177 cm³/mol. The van der Waals surface area contributed by atoms with Gasteiger partial charge >= 0.3 is 21.1 Å². The average Bonchev–Trinajstić information content (AvgIpc) is 3.67. The minimum atomic E-state index is -0.0101. The normalized spacial score (nSPS) is 11.4. The third-order valence-corrected chi connectivity index (χ3v) is 7.92. The van der Waals surface area contributed by atoms with Gasteiger partial charge in [-0.15, -0.1) is 35.7 Å². The molecule has 46 heavy (non-hydrogen) atoms. The van der Waals surface area contributed by atoms with Crippen LogP contribution in [0.5, 0.6) is 23.0 Å². The van der Waals surface area contributed by atoms with Gasteiger partial charge < -0.3 is 18.8 Å². The Kier molecular flexibility index (Phi) is 8.45. The number of para-hydroxylation sites is 1. The van der Waals surface area contributed by atoms with Crippen LogP contribution in [0.3, 0.4) is 0 Å². The molecule has 0 N–H and O–H groups in total. The molecular weight excluding hydrogens is 756 g/mol. The molecule has 0 unspecified atom stereocenters. The van der Waals surface area contributed by atoms with E-state index in [2.05, 4.69) is 79.0 Å². The second-order valence-electron chi connectivity index (χ2n) is 11.8. The van der Waals surface area contributed by atoms with Crippen molar-refractivity contribution in [1.82, 2.24) is 19.3 Å². The SMILES string of the molecule is COc1cccc(OC)c1-c1cnn(-c2[c-]c(Oc3[c-]c4c(cc3)c3ccccc3n4-c3cc(C(C)(C)C)ccn3)ccc2)c1.[Pt+2]. The number of hydrogen-bond donors (Lipinski definition) is 0. The van der Waals surface area contributed by atoms with Crippen molar-refractivity contribution in [2.75, 3.05) is 14.2 Å². The fourth-order valence-corrected chi connectivity index (χ4v) is 5.65. The molecular formula is C38H32N4O3Pt. The first-order chi connectivity index (χ1) is 21.8. The molecule has 0 atom stereocenters. The van der Waals surface area contributed by atoms with Gasteiger partial charge in [-0.1, -0.05) is 50.6 Å². The van der Waals surface area contributed by atoms with Gasteiger partial charge in [0.2, 0.25) is 0 Å². The summed E-state index contributed by atoms with van der Waals surface area (Å²) >= 11 is 0. The number of methoxy groups -OCH3 is 2. The molecule has 0 saturated carbocycles. The molecule has 0 bridgehead atoms. The van der Waals surface area contributed by atoms with Crippen molar-refractivity contribution >= 4 is 21.8 Å². The molecule has 0 fully saturated rings. The quantitative estimate of drug-likeness (QED) is 0.151. The molecule has 7 aromatic rings. The van der Waals surface area contributed by atoms with E-state index in [0.29, 0.717) is 23.0 Å². The van der Waals surface area contributed by atoms with Gasteiger partial charge in [-0.3, -0.25) is 4.68 Å².